The van der Waals surface area contributed by atoms with Crippen molar-refractivity contribution in [2.45, 2.75) is 12.8 Å². The fourth-order valence-corrected chi connectivity index (χ4v) is 2.13. The maximum Gasteiger partial charge on any atom is 0.235 e. The first-order chi connectivity index (χ1) is 10.3. The van der Waals surface area contributed by atoms with Gasteiger partial charge < -0.3 is 10.3 Å². The summed E-state index contributed by atoms with van der Waals surface area (Å²) in [7, 11) is 0. The van der Waals surface area contributed by atoms with Crippen LogP contribution in [0.2, 0.25) is 0 Å². The first-order valence-corrected chi connectivity index (χ1v) is 6.66. The maximum absolute atomic E-state index is 5.86. The minimum absolute atomic E-state index is 0.115. The van der Waals surface area contributed by atoms with Crippen LogP contribution < -0.4 is 5.73 Å². The molecule has 0 amide bonds. The molecule has 6 nitrogen and oxygen atoms in total. The Labute approximate surface area is 122 Å². The predicted molar refractivity (Wildman–Crippen MR) is 77.4 cm³/mol. The topological polar surface area (TPSA) is 90.7 Å². The standard InChI is InChI=1S/C15H15N5O/c1-10-17-8-7-13(18-10)14-19-15(21-20-14)12(9-16)11-5-3-2-4-6-11/h2-8,12H,9,16H2,1H3. The summed E-state index contributed by atoms with van der Waals surface area (Å²) < 4.78 is 5.36. The molecule has 3 rings (SSSR count). The second-order valence-corrected chi connectivity index (χ2v) is 4.64. The molecule has 0 spiro atoms. The molecule has 21 heavy (non-hydrogen) atoms. The van der Waals surface area contributed by atoms with E-state index in [1.807, 2.05) is 37.3 Å². The van der Waals surface area contributed by atoms with Crippen LogP contribution in [0.5, 0.6) is 0 Å². The Morgan fingerprint density at radius 3 is 2.67 bits per heavy atom. The molecule has 3 aromatic rings. The molecule has 1 unspecified atom stereocenters. The van der Waals surface area contributed by atoms with Gasteiger partial charge in [-0.05, 0) is 18.6 Å². The summed E-state index contributed by atoms with van der Waals surface area (Å²) in [5.74, 6) is 1.49. The zero-order valence-corrected chi connectivity index (χ0v) is 11.6. The number of hydrogen-bond acceptors (Lipinski definition) is 6. The van der Waals surface area contributed by atoms with Gasteiger partial charge in [0.2, 0.25) is 11.7 Å². The summed E-state index contributed by atoms with van der Waals surface area (Å²) in [5, 5.41) is 3.99. The molecule has 2 heterocycles. The Morgan fingerprint density at radius 2 is 1.95 bits per heavy atom. The highest BCUT2D eigenvalue weighted by molar-refractivity contribution is 5.47. The van der Waals surface area contributed by atoms with E-state index >= 15 is 0 Å². The van der Waals surface area contributed by atoms with Crippen molar-refractivity contribution in [3.8, 4) is 11.5 Å². The summed E-state index contributed by atoms with van der Waals surface area (Å²) in [6.07, 6.45) is 1.67. The van der Waals surface area contributed by atoms with E-state index < -0.39 is 0 Å². The molecule has 6 heteroatoms. The van der Waals surface area contributed by atoms with Crippen LogP contribution in [0.4, 0.5) is 0 Å². The van der Waals surface area contributed by atoms with Gasteiger partial charge in [0, 0.05) is 12.7 Å². The van der Waals surface area contributed by atoms with Crippen molar-refractivity contribution in [2.75, 3.05) is 6.54 Å². The van der Waals surface area contributed by atoms with E-state index in [-0.39, 0.29) is 5.92 Å². The Hall–Kier alpha value is -2.60. The van der Waals surface area contributed by atoms with Gasteiger partial charge in [-0.15, -0.1) is 0 Å². The van der Waals surface area contributed by atoms with Crippen LogP contribution in [0.1, 0.15) is 23.2 Å². The van der Waals surface area contributed by atoms with E-state index in [4.69, 9.17) is 10.3 Å². The average molecular weight is 281 g/mol. The summed E-state index contributed by atoms with van der Waals surface area (Å²) in [4.78, 5) is 12.8. The summed E-state index contributed by atoms with van der Waals surface area (Å²) >= 11 is 0. The highest BCUT2D eigenvalue weighted by Crippen LogP contribution is 2.24. The highest BCUT2D eigenvalue weighted by Gasteiger charge is 2.20. The first-order valence-electron chi connectivity index (χ1n) is 6.66. The zero-order chi connectivity index (χ0) is 14.7. The Bertz CT molecular complexity index is 726. The molecule has 0 bridgehead atoms. The van der Waals surface area contributed by atoms with Crippen LogP contribution >= 0.6 is 0 Å². The molecule has 0 fully saturated rings. The van der Waals surface area contributed by atoms with Crippen molar-refractivity contribution in [1.29, 1.82) is 0 Å². The molecule has 1 aromatic carbocycles. The van der Waals surface area contributed by atoms with E-state index in [1.165, 1.54) is 0 Å². The molecule has 1 atom stereocenters. The zero-order valence-electron chi connectivity index (χ0n) is 11.6. The number of hydrogen-bond donors (Lipinski definition) is 1. The van der Waals surface area contributed by atoms with Gasteiger partial charge in [0.15, 0.2) is 0 Å². The minimum atomic E-state index is -0.115. The molecular formula is C15H15N5O. The van der Waals surface area contributed by atoms with E-state index in [2.05, 4.69) is 20.1 Å². The monoisotopic (exact) mass is 281 g/mol. The number of aromatic nitrogens is 4. The SMILES string of the molecule is Cc1nccc(-c2noc(C(CN)c3ccccc3)n2)n1. The van der Waals surface area contributed by atoms with Crippen LogP contribution in [0.15, 0.2) is 47.1 Å². The van der Waals surface area contributed by atoms with Crippen molar-refractivity contribution in [1.82, 2.24) is 20.1 Å². The van der Waals surface area contributed by atoms with E-state index in [1.54, 1.807) is 12.3 Å². The maximum atomic E-state index is 5.86. The number of nitrogens with zero attached hydrogens (tertiary/aromatic N) is 4. The lowest BCUT2D eigenvalue weighted by Crippen LogP contribution is -2.14. The van der Waals surface area contributed by atoms with Crippen molar-refractivity contribution in [3.63, 3.8) is 0 Å². The fourth-order valence-electron chi connectivity index (χ4n) is 2.13. The van der Waals surface area contributed by atoms with Gasteiger partial charge in [-0.3, -0.25) is 0 Å². The van der Waals surface area contributed by atoms with Crippen LogP contribution in [-0.2, 0) is 0 Å². The third kappa shape index (κ3) is 2.80. The second kappa shape index (κ2) is 5.80. The summed E-state index contributed by atoms with van der Waals surface area (Å²) in [5.41, 5.74) is 7.55. The number of aryl methyl sites for hydroxylation is 1. The van der Waals surface area contributed by atoms with Gasteiger partial charge in [0.05, 0.1) is 5.92 Å². The molecule has 2 N–H and O–H groups in total. The van der Waals surface area contributed by atoms with Crippen molar-refractivity contribution in [2.24, 2.45) is 5.73 Å². The first kappa shape index (κ1) is 13.4. The lowest BCUT2D eigenvalue weighted by molar-refractivity contribution is 0.367. The van der Waals surface area contributed by atoms with Gasteiger partial charge in [-0.2, -0.15) is 4.98 Å². The number of nitrogens with two attached hydrogens (primary N) is 1. The quantitative estimate of drug-likeness (QED) is 0.785. The number of rotatable bonds is 4. The highest BCUT2D eigenvalue weighted by atomic mass is 16.5. The van der Waals surface area contributed by atoms with Gasteiger partial charge in [-0.25, -0.2) is 9.97 Å². The van der Waals surface area contributed by atoms with Crippen LogP contribution in [0.25, 0.3) is 11.5 Å². The Kier molecular flexibility index (Phi) is 3.70. The van der Waals surface area contributed by atoms with Gasteiger partial charge in [0.1, 0.15) is 11.5 Å². The molecule has 2 aromatic heterocycles. The molecule has 0 radical (unpaired) electrons. The van der Waals surface area contributed by atoms with E-state index in [0.29, 0.717) is 29.8 Å². The van der Waals surface area contributed by atoms with Gasteiger partial charge in [-0.1, -0.05) is 35.5 Å². The van der Waals surface area contributed by atoms with Gasteiger partial charge >= 0.3 is 0 Å². The molecule has 0 saturated heterocycles. The van der Waals surface area contributed by atoms with E-state index in [9.17, 15) is 0 Å². The molecule has 0 aliphatic carbocycles. The minimum Gasteiger partial charge on any atom is -0.338 e. The van der Waals surface area contributed by atoms with Crippen molar-refractivity contribution in [3.05, 3.63) is 59.9 Å². The Morgan fingerprint density at radius 1 is 1.14 bits per heavy atom. The summed E-state index contributed by atoms with van der Waals surface area (Å²) in [6.45, 7) is 2.21. The van der Waals surface area contributed by atoms with Crippen molar-refractivity contribution < 1.29 is 4.52 Å². The van der Waals surface area contributed by atoms with Crippen LogP contribution in [0, 0.1) is 6.92 Å². The Balaban J connectivity index is 1.94. The normalized spacial score (nSPS) is 12.3. The molecule has 0 aliphatic heterocycles. The number of benzene rings is 1. The molecule has 0 aliphatic rings. The van der Waals surface area contributed by atoms with Crippen LogP contribution in [-0.4, -0.2) is 26.7 Å². The summed E-state index contributed by atoms with van der Waals surface area (Å²) in [6, 6.07) is 11.6. The largest absolute Gasteiger partial charge is 0.338 e. The van der Waals surface area contributed by atoms with Crippen molar-refractivity contribution >= 4 is 0 Å². The van der Waals surface area contributed by atoms with Crippen LogP contribution in [0.3, 0.4) is 0 Å². The fraction of sp³-hybridized carbons (Fsp3) is 0.200. The molecular weight excluding hydrogens is 266 g/mol. The lowest BCUT2D eigenvalue weighted by atomic mass is 9.99. The van der Waals surface area contributed by atoms with E-state index in [0.717, 1.165) is 5.56 Å². The lowest BCUT2D eigenvalue weighted by Gasteiger charge is -2.09. The average Bonchev–Trinajstić information content (AvgIpc) is 2.99. The molecule has 106 valence electrons. The third-order valence-corrected chi connectivity index (χ3v) is 3.18. The third-order valence-electron chi connectivity index (χ3n) is 3.18. The molecule has 0 saturated carbocycles. The predicted octanol–water partition coefficient (Wildman–Crippen LogP) is 1.93. The van der Waals surface area contributed by atoms with Gasteiger partial charge in [0.25, 0.3) is 0 Å². The second-order valence-electron chi connectivity index (χ2n) is 4.64. The smallest absolute Gasteiger partial charge is 0.235 e.